The number of carbonyl (C=O) groups excluding carboxylic acids is 1. The Bertz CT molecular complexity index is 114. The summed E-state index contributed by atoms with van der Waals surface area (Å²) in [6, 6.07) is 0. The molecule has 8 heavy (non-hydrogen) atoms. The zero-order valence-electron chi connectivity index (χ0n) is 4.15. The molecule has 0 aromatic heterocycles. The molecule has 0 atom stereocenters. The summed E-state index contributed by atoms with van der Waals surface area (Å²) >= 11 is 0. The van der Waals surface area contributed by atoms with Crippen LogP contribution in [0.2, 0.25) is 0 Å². The van der Waals surface area contributed by atoms with Crippen molar-refractivity contribution in [3.8, 4) is 0 Å². The monoisotopic (exact) mass is 195 g/mol. The van der Waals surface area contributed by atoms with E-state index in [1.54, 1.807) is 12.2 Å². The van der Waals surface area contributed by atoms with Crippen LogP contribution in [0, 0.1) is 5.92 Å². The molecule has 0 aromatic rings. The molecule has 0 saturated heterocycles. The summed E-state index contributed by atoms with van der Waals surface area (Å²) < 4.78 is 0. The molecule has 1 aliphatic rings. The average molecular weight is 194 g/mol. The molecule has 1 aliphatic carbocycles. The maximum Gasteiger partial charge on any atom is 1.00 e. The van der Waals surface area contributed by atoms with Crippen LogP contribution < -0.4 is 0 Å². The third kappa shape index (κ3) is 1.71. The molecule has 0 aromatic carbocycles. The second kappa shape index (κ2) is 3.74. The van der Waals surface area contributed by atoms with Gasteiger partial charge in [-0.15, -0.1) is 18.1 Å². The fraction of sp³-hybridized carbons (Fsp3) is 0.167. The third-order valence-electron chi connectivity index (χ3n) is 0.884. The molecule has 0 amide bonds. The predicted molar refractivity (Wildman–Crippen MR) is 27.5 cm³/mol. The molecule has 1 nitrogen and oxygen atoms in total. The molecular formula is C6H5ORu. The minimum absolute atomic E-state index is 0. The second-order valence-corrected chi connectivity index (χ2v) is 1.41. The normalized spacial score (nSPS) is 16.0. The molecule has 43 valence electrons. The average Bonchev–Trinajstić information content (AvgIpc) is 2.14. The van der Waals surface area contributed by atoms with Crippen molar-refractivity contribution in [2.75, 3.05) is 0 Å². The van der Waals surface area contributed by atoms with Gasteiger partial charge >= 0.3 is 19.5 Å². The van der Waals surface area contributed by atoms with Gasteiger partial charge in [-0.2, -0.15) is 0 Å². The first kappa shape index (κ1) is 7.77. The van der Waals surface area contributed by atoms with E-state index in [4.69, 9.17) is 0 Å². The van der Waals surface area contributed by atoms with Gasteiger partial charge in [0.1, 0.15) is 0 Å². The van der Waals surface area contributed by atoms with E-state index in [0.717, 1.165) is 0 Å². The largest absolute Gasteiger partial charge is 1.00 e. The van der Waals surface area contributed by atoms with E-state index < -0.39 is 0 Å². The van der Waals surface area contributed by atoms with Crippen molar-refractivity contribution >= 4 is 6.29 Å². The second-order valence-electron chi connectivity index (χ2n) is 1.41. The summed E-state index contributed by atoms with van der Waals surface area (Å²) in [5, 5.41) is 0. The molecule has 0 spiro atoms. The van der Waals surface area contributed by atoms with Crippen molar-refractivity contribution in [2.24, 2.45) is 5.92 Å². The summed E-state index contributed by atoms with van der Waals surface area (Å²) in [5.74, 6) is -0.0694. The van der Waals surface area contributed by atoms with Crippen LogP contribution in [0.4, 0.5) is 0 Å². The minimum atomic E-state index is -0.0694. The molecule has 1 radical (unpaired) electrons. The smallest absolute Gasteiger partial charge is 0.541 e. The van der Waals surface area contributed by atoms with Gasteiger partial charge in [0.25, 0.3) is 0 Å². The van der Waals surface area contributed by atoms with Gasteiger partial charge in [-0.05, 0) is 0 Å². The summed E-state index contributed by atoms with van der Waals surface area (Å²) in [4.78, 5) is 9.78. The van der Waals surface area contributed by atoms with Gasteiger partial charge in [-0.3, -0.25) is 6.29 Å². The van der Waals surface area contributed by atoms with E-state index in [1.165, 1.54) is 0 Å². The van der Waals surface area contributed by atoms with Crippen LogP contribution in [0.5, 0.6) is 0 Å². The Labute approximate surface area is 61.2 Å². The summed E-state index contributed by atoms with van der Waals surface area (Å²) in [6.07, 6.45) is 9.12. The van der Waals surface area contributed by atoms with Crippen molar-refractivity contribution in [2.45, 2.75) is 0 Å². The van der Waals surface area contributed by atoms with Crippen LogP contribution in [0.1, 0.15) is 0 Å². The minimum Gasteiger partial charge on any atom is -0.541 e. The van der Waals surface area contributed by atoms with Crippen molar-refractivity contribution in [3.63, 3.8) is 0 Å². The van der Waals surface area contributed by atoms with Crippen LogP contribution in [0.3, 0.4) is 0 Å². The first-order valence-corrected chi connectivity index (χ1v) is 2.16. The third-order valence-corrected chi connectivity index (χ3v) is 0.884. The molecule has 2 heteroatoms. The molecule has 0 aliphatic heterocycles. The van der Waals surface area contributed by atoms with Crippen LogP contribution in [0.15, 0.2) is 24.3 Å². The molecular weight excluding hydrogens is 189 g/mol. The summed E-state index contributed by atoms with van der Waals surface area (Å²) in [5.41, 5.74) is 0. The molecule has 0 N–H and O–H groups in total. The standard InChI is InChI=1S/C6H5O.Ru/c7-5-6-3-1-2-4-6;/h1-4,6H;/q-1;+1. The maximum absolute atomic E-state index is 9.78. The molecule has 0 unspecified atom stereocenters. The SMILES string of the molecule is O=[C-]C1C=CC=C1.[Ru+]. The number of hydrogen-bond acceptors (Lipinski definition) is 1. The fourth-order valence-electron chi connectivity index (χ4n) is 0.510. The first-order valence-electron chi connectivity index (χ1n) is 2.16. The maximum atomic E-state index is 9.78. The quantitative estimate of drug-likeness (QED) is 0.446. The Kier molecular flexibility index (Phi) is 3.63. The van der Waals surface area contributed by atoms with Crippen molar-refractivity contribution in [1.29, 1.82) is 0 Å². The Morgan fingerprint density at radius 2 is 1.75 bits per heavy atom. The Hall–Kier alpha value is -0.227. The van der Waals surface area contributed by atoms with Gasteiger partial charge in [0.15, 0.2) is 0 Å². The van der Waals surface area contributed by atoms with Crippen molar-refractivity contribution in [1.82, 2.24) is 0 Å². The molecule has 0 fully saturated rings. The summed E-state index contributed by atoms with van der Waals surface area (Å²) in [7, 11) is 0. The van der Waals surface area contributed by atoms with E-state index in [0.29, 0.717) is 0 Å². The van der Waals surface area contributed by atoms with Gasteiger partial charge in [0.2, 0.25) is 0 Å². The topological polar surface area (TPSA) is 17.1 Å². The van der Waals surface area contributed by atoms with Crippen LogP contribution in [0.25, 0.3) is 0 Å². The van der Waals surface area contributed by atoms with Gasteiger partial charge in [-0.25, -0.2) is 0 Å². The van der Waals surface area contributed by atoms with Gasteiger partial charge in [0, 0.05) is 0 Å². The van der Waals surface area contributed by atoms with E-state index in [2.05, 4.69) is 0 Å². The van der Waals surface area contributed by atoms with E-state index in [1.807, 2.05) is 18.4 Å². The van der Waals surface area contributed by atoms with Gasteiger partial charge in [0.05, 0.1) is 0 Å². The van der Waals surface area contributed by atoms with Gasteiger partial charge in [-0.1, -0.05) is 12.2 Å². The van der Waals surface area contributed by atoms with Crippen LogP contribution >= 0.6 is 0 Å². The first-order chi connectivity index (χ1) is 3.43. The zero-order valence-corrected chi connectivity index (χ0v) is 5.89. The van der Waals surface area contributed by atoms with Crippen molar-refractivity contribution < 1.29 is 24.3 Å². The summed E-state index contributed by atoms with van der Waals surface area (Å²) in [6.45, 7) is 0. The predicted octanol–water partition coefficient (Wildman–Crippen LogP) is 0.836. The number of hydrogen-bond donors (Lipinski definition) is 0. The van der Waals surface area contributed by atoms with E-state index >= 15 is 0 Å². The number of allylic oxidation sites excluding steroid dienone is 4. The Morgan fingerprint density at radius 3 is 2.00 bits per heavy atom. The van der Waals surface area contributed by atoms with Crippen LogP contribution in [-0.4, -0.2) is 6.29 Å². The Balaban J connectivity index is 0.000000490. The zero-order chi connectivity index (χ0) is 5.11. The molecule has 0 heterocycles. The van der Waals surface area contributed by atoms with Crippen molar-refractivity contribution in [3.05, 3.63) is 24.3 Å². The van der Waals surface area contributed by atoms with E-state index in [9.17, 15) is 4.79 Å². The molecule has 1 rings (SSSR count). The molecule has 0 saturated carbocycles. The number of rotatable bonds is 1. The van der Waals surface area contributed by atoms with Crippen LogP contribution in [-0.2, 0) is 24.3 Å². The fourth-order valence-corrected chi connectivity index (χ4v) is 0.510. The molecule has 0 bridgehead atoms. The van der Waals surface area contributed by atoms with E-state index in [-0.39, 0.29) is 25.4 Å². The Morgan fingerprint density at radius 1 is 1.25 bits per heavy atom. The van der Waals surface area contributed by atoms with Gasteiger partial charge < -0.3 is 4.79 Å².